The number of hydrogen-bond donors (Lipinski definition) is 1. The maximum absolute atomic E-state index is 12.7. The molecule has 2 aromatic heterocycles. The third-order valence-corrected chi connectivity index (χ3v) is 4.21. The molecule has 2 aromatic carbocycles. The normalized spacial score (nSPS) is 10.5. The highest BCUT2D eigenvalue weighted by atomic mass is 16.1. The lowest BCUT2D eigenvalue weighted by Gasteiger charge is -2.06. The van der Waals surface area contributed by atoms with Crippen LogP contribution in [0.2, 0.25) is 0 Å². The van der Waals surface area contributed by atoms with Crippen molar-refractivity contribution >= 4 is 17.2 Å². The van der Waals surface area contributed by atoms with Crippen LogP contribution in [0.15, 0.2) is 73.1 Å². The van der Waals surface area contributed by atoms with E-state index < -0.39 is 0 Å². The van der Waals surface area contributed by atoms with Gasteiger partial charge in [0.15, 0.2) is 5.65 Å². The minimum absolute atomic E-state index is 0.282. The molecule has 0 unspecified atom stereocenters. The average Bonchev–Trinajstić information content (AvgIpc) is 3.15. The number of fused-ring (bicyclic) bond motifs is 1. The Morgan fingerprint density at radius 3 is 2.59 bits per heavy atom. The maximum Gasteiger partial charge on any atom is 0.261 e. The number of carbonyl (C=O) groups is 1. The van der Waals surface area contributed by atoms with E-state index in [-0.39, 0.29) is 5.91 Å². The highest BCUT2D eigenvalue weighted by molar-refractivity contribution is 6.08. The van der Waals surface area contributed by atoms with Crippen LogP contribution in [0.5, 0.6) is 0 Å². The largest absolute Gasteiger partial charge is 0.322 e. The van der Waals surface area contributed by atoms with Gasteiger partial charge in [-0.2, -0.15) is 10.4 Å². The minimum atomic E-state index is -0.282. The van der Waals surface area contributed by atoms with E-state index in [1.54, 1.807) is 22.8 Å². The Labute approximate surface area is 155 Å². The molecule has 0 aliphatic rings. The Bertz CT molecular complexity index is 1140. The van der Waals surface area contributed by atoms with Crippen LogP contribution in [-0.2, 0) is 6.42 Å². The molecule has 0 spiro atoms. The number of nitriles is 1. The van der Waals surface area contributed by atoms with Crippen molar-refractivity contribution < 1.29 is 4.79 Å². The van der Waals surface area contributed by atoms with Gasteiger partial charge in [-0.05, 0) is 23.8 Å². The number of benzene rings is 2. The highest BCUT2D eigenvalue weighted by Gasteiger charge is 2.16. The Hall–Kier alpha value is -3.98. The van der Waals surface area contributed by atoms with Crippen LogP contribution >= 0.6 is 0 Å². The number of hydrogen-bond acceptors (Lipinski definition) is 4. The molecule has 6 heteroatoms. The lowest BCUT2D eigenvalue weighted by Crippen LogP contribution is -2.12. The van der Waals surface area contributed by atoms with Gasteiger partial charge < -0.3 is 5.32 Å². The molecule has 4 aromatic rings. The van der Waals surface area contributed by atoms with E-state index in [2.05, 4.69) is 21.5 Å². The minimum Gasteiger partial charge on any atom is -0.322 e. The first kappa shape index (κ1) is 16.5. The standard InChI is InChI=1S/C21H15N5O/c22-12-10-15-6-8-17(9-7-15)25-21(27)18-14-24-26-19(11-13-23-20(18)26)16-4-2-1-3-5-16/h1-9,11,13-14H,10H2,(H,25,27). The van der Waals surface area contributed by atoms with Crippen LogP contribution in [0.3, 0.4) is 0 Å². The first-order valence-electron chi connectivity index (χ1n) is 8.41. The summed E-state index contributed by atoms with van der Waals surface area (Å²) >= 11 is 0. The number of amides is 1. The summed E-state index contributed by atoms with van der Waals surface area (Å²) in [6, 6.07) is 21.0. The maximum atomic E-state index is 12.7. The summed E-state index contributed by atoms with van der Waals surface area (Å²) in [6.45, 7) is 0. The smallest absolute Gasteiger partial charge is 0.261 e. The van der Waals surface area contributed by atoms with Gasteiger partial charge in [-0.3, -0.25) is 4.79 Å². The van der Waals surface area contributed by atoms with Crippen LogP contribution in [0, 0.1) is 11.3 Å². The van der Waals surface area contributed by atoms with E-state index in [9.17, 15) is 4.79 Å². The molecule has 6 nitrogen and oxygen atoms in total. The monoisotopic (exact) mass is 353 g/mol. The predicted molar refractivity (Wildman–Crippen MR) is 102 cm³/mol. The third kappa shape index (κ3) is 3.26. The lowest BCUT2D eigenvalue weighted by atomic mass is 10.1. The number of anilines is 1. The second-order valence-electron chi connectivity index (χ2n) is 5.98. The van der Waals surface area contributed by atoms with Crippen molar-refractivity contribution in [2.24, 2.45) is 0 Å². The molecule has 2 heterocycles. The second-order valence-corrected chi connectivity index (χ2v) is 5.98. The van der Waals surface area contributed by atoms with E-state index in [1.807, 2.05) is 48.5 Å². The summed E-state index contributed by atoms with van der Waals surface area (Å²) in [4.78, 5) is 17.0. The van der Waals surface area contributed by atoms with Gasteiger partial charge in [0.05, 0.1) is 24.4 Å². The van der Waals surface area contributed by atoms with Crippen molar-refractivity contribution in [2.75, 3.05) is 5.32 Å². The number of rotatable bonds is 4. The first-order chi connectivity index (χ1) is 13.3. The van der Waals surface area contributed by atoms with Crippen molar-refractivity contribution in [3.8, 4) is 17.3 Å². The molecule has 0 fully saturated rings. The van der Waals surface area contributed by atoms with Gasteiger partial charge in [-0.25, -0.2) is 9.50 Å². The lowest BCUT2D eigenvalue weighted by molar-refractivity contribution is 0.102. The van der Waals surface area contributed by atoms with Crippen molar-refractivity contribution in [1.82, 2.24) is 14.6 Å². The Balaban J connectivity index is 1.64. The van der Waals surface area contributed by atoms with E-state index in [0.29, 0.717) is 23.3 Å². The molecule has 0 aliphatic heterocycles. The first-order valence-corrected chi connectivity index (χ1v) is 8.41. The van der Waals surface area contributed by atoms with Crippen molar-refractivity contribution in [3.05, 3.63) is 84.2 Å². The van der Waals surface area contributed by atoms with Gasteiger partial charge in [0.25, 0.3) is 5.91 Å². The summed E-state index contributed by atoms with van der Waals surface area (Å²) in [5.41, 5.74) is 4.30. The molecule has 1 amide bonds. The van der Waals surface area contributed by atoms with E-state index in [1.165, 1.54) is 6.20 Å². The Kier molecular flexibility index (Phi) is 4.33. The highest BCUT2D eigenvalue weighted by Crippen LogP contribution is 2.21. The van der Waals surface area contributed by atoms with Crippen molar-refractivity contribution in [2.45, 2.75) is 6.42 Å². The molecule has 0 saturated heterocycles. The molecule has 130 valence electrons. The fraction of sp³-hybridized carbons (Fsp3) is 0.0476. The Morgan fingerprint density at radius 1 is 1.07 bits per heavy atom. The topological polar surface area (TPSA) is 83.1 Å². The molecule has 0 aliphatic carbocycles. The quantitative estimate of drug-likeness (QED) is 0.606. The fourth-order valence-electron chi connectivity index (χ4n) is 2.87. The van der Waals surface area contributed by atoms with Gasteiger partial charge >= 0.3 is 0 Å². The zero-order valence-corrected chi connectivity index (χ0v) is 14.3. The molecule has 0 atom stereocenters. The van der Waals surface area contributed by atoms with Crippen molar-refractivity contribution in [3.63, 3.8) is 0 Å². The summed E-state index contributed by atoms with van der Waals surface area (Å²) in [6.07, 6.45) is 3.54. The number of nitrogens with zero attached hydrogens (tertiary/aromatic N) is 4. The molecule has 0 saturated carbocycles. The van der Waals surface area contributed by atoms with Gasteiger partial charge in [0, 0.05) is 17.4 Å². The van der Waals surface area contributed by atoms with Gasteiger partial charge in [0.2, 0.25) is 0 Å². The number of aromatic nitrogens is 3. The van der Waals surface area contributed by atoms with E-state index in [0.717, 1.165) is 16.8 Å². The van der Waals surface area contributed by atoms with Gasteiger partial charge in [-0.15, -0.1) is 0 Å². The van der Waals surface area contributed by atoms with Crippen LogP contribution in [0.25, 0.3) is 16.9 Å². The second kappa shape index (κ2) is 7.10. The van der Waals surface area contributed by atoms with Crippen LogP contribution in [0.1, 0.15) is 15.9 Å². The average molecular weight is 353 g/mol. The number of carbonyl (C=O) groups excluding carboxylic acids is 1. The molecule has 0 bridgehead atoms. The molecule has 1 N–H and O–H groups in total. The van der Waals surface area contributed by atoms with Gasteiger partial charge in [0.1, 0.15) is 5.56 Å². The zero-order chi connectivity index (χ0) is 18.6. The number of nitrogens with one attached hydrogen (secondary N) is 1. The van der Waals surface area contributed by atoms with E-state index in [4.69, 9.17) is 5.26 Å². The summed E-state index contributed by atoms with van der Waals surface area (Å²) in [5.74, 6) is -0.282. The molecular formula is C21H15N5O. The van der Waals surface area contributed by atoms with E-state index >= 15 is 0 Å². The fourth-order valence-corrected chi connectivity index (χ4v) is 2.87. The predicted octanol–water partition coefficient (Wildman–Crippen LogP) is 3.71. The van der Waals surface area contributed by atoms with Crippen LogP contribution in [-0.4, -0.2) is 20.5 Å². The molecular weight excluding hydrogens is 338 g/mol. The Morgan fingerprint density at radius 2 is 1.85 bits per heavy atom. The third-order valence-electron chi connectivity index (χ3n) is 4.21. The molecule has 4 rings (SSSR count). The van der Waals surface area contributed by atoms with Crippen LogP contribution in [0.4, 0.5) is 5.69 Å². The van der Waals surface area contributed by atoms with Crippen LogP contribution < -0.4 is 5.32 Å². The summed E-state index contributed by atoms with van der Waals surface area (Å²) < 4.78 is 1.67. The van der Waals surface area contributed by atoms with Gasteiger partial charge in [-0.1, -0.05) is 42.5 Å². The zero-order valence-electron chi connectivity index (χ0n) is 14.3. The van der Waals surface area contributed by atoms with Crippen molar-refractivity contribution in [1.29, 1.82) is 5.26 Å². The summed E-state index contributed by atoms with van der Waals surface area (Å²) in [5, 5.41) is 15.9. The SMILES string of the molecule is N#CCc1ccc(NC(=O)c2cnn3c(-c4ccccc4)ccnc23)cc1. The molecule has 0 radical (unpaired) electrons. The molecule has 27 heavy (non-hydrogen) atoms. The summed E-state index contributed by atoms with van der Waals surface area (Å²) in [7, 11) is 0.